The Labute approximate surface area is 92.4 Å². The van der Waals surface area contributed by atoms with Crippen LogP contribution in [-0.2, 0) is 9.53 Å². The van der Waals surface area contributed by atoms with E-state index in [-0.39, 0.29) is 11.3 Å². The summed E-state index contributed by atoms with van der Waals surface area (Å²) >= 11 is 0. The number of carbonyl (C=O) groups is 1. The van der Waals surface area contributed by atoms with Crippen molar-refractivity contribution in [2.45, 2.75) is 41.0 Å². The molecular weight excluding hydrogens is 190 g/mol. The first-order chi connectivity index (χ1) is 6.93. The monoisotopic (exact) mass is 211 g/mol. The highest BCUT2D eigenvalue weighted by molar-refractivity contribution is 5.76. The lowest BCUT2D eigenvalue weighted by Crippen LogP contribution is -2.37. The molecule has 0 saturated carbocycles. The molecule has 86 valence electrons. The van der Waals surface area contributed by atoms with Gasteiger partial charge in [-0.05, 0) is 24.7 Å². The van der Waals surface area contributed by atoms with Crippen LogP contribution in [-0.4, -0.2) is 12.6 Å². The van der Waals surface area contributed by atoms with E-state index in [0.29, 0.717) is 6.61 Å². The van der Waals surface area contributed by atoms with E-state index in [1.807, 2.05) is 27.7 Å². The van der Waals surface area contributed by atoms with Gasteiger partial charge < -0.3 is 4.74 Å². The number of carbonyl (C=O) groups excluding carboxylic acids is 1. The van der Waals surface area contributed by atoms with Crippen molar-refractivity contribution < 1.29 is 9.53 Å². The van der Waals surface area contributed by atoms with Gasteiger partial charge in [0.15, 0.2) is 0 Å². The fourth-order valence-electron chi connectivity index (χ4n) is 1.64. The highest BCUT2D eigenvalue weighted by Gasteiger charge is 2.41. The standard InChI is InChI=1S/C12H21NO2/c1-6-12(5,9(3)4)10(8-13)11(14)15-7-2/h9-10H,6-7H2,1-5H3. The molecule has 3 nitrogen and oxygen atoms in total. The van der Waals surface area contributed by atoms with E-state index in [2.05, 4.69) is 6.07 Å². The largest absolute Gasteiger partial charge is 0.465 e. The number of esters is 1. The lowest BCUT2D eigenvalue weighted by Gasteiger charge is -2.35. The van der Waals surface area contributed by atoms with Crippen LogP contribution in [0.4, 0.5) is 0 Å². The third kappa shape index (κ3) is 2.95. The molecule has 0 radical (unpaired) electrons. The Morgan fingerprint density at radius 2 is 2.00 bits per heavy atom. The number of nitrogens with zero attached hydrogens (tertiary/aromatic N) is 1. The first kappa shape index (κ1) is 14.0. The molecule has 0 aromatic heterocycles. The minimum Gasteiger partial charge on any atom is -0.465 e. The Balaban J connectivity index is 4.94. The highest BCUT2D eigenvalue weighted by atomic mass is 16.5. The number of nitriles is 1. The van der Waals surface area contributed by atoms with Crippen LogP contribution < -0.4 is 0 Å². The summed E-state index contributed by atoms with van der Waals surface area (Å²) in [7, 11) is 0. The molecule has 0 fully saturated rings. The van der Waals surface area contributed by atoms with Gasteiger partial charge in [-0.3, -0.25) is 4.79 Å². The first-order valence-corrected chi connectivity index (χ1v) is 5.50. The van der Waals surface area contributed by atoms with Crippen molar-refractivity contribution in [1.82, 2.24) is 0 Å². The van der Waals surface area contributed by atoms with Gasteiger partial charge in [-0.2, -0.15) is 5.26 Å². The van der Waals surface area contributed by atoms with Gasteiger partial charge in [0.1, 0.15) is 5.92 Å². The molecule has 0 bridgehead atoms. The van der Waals surface area contributed by atoms with E-state index in [9.17, 15) is 4.79 Å². The van der Waals surface area contributed by atoms with Crippen LogP contribution in [0.5, 0.6) is 0 Å². The summed E-state index contributed by atoms with van der Waals surface area (Å²) in [6.07, 6.45) is 0.793. The van der Waals surface area contributed by atoms with Gasteiger partial charge in [0, 0.05) is 0 Å². The van der Waals surface area contributed by atoms with Crippen LogP contribution >= 0.6 is 0 Å². The fourth-order valence-corrected chi connectivity index (χ4v) is 1.64. The van der Waals surface area contributed by atoms with Gasteiger partial charge in [-0.15, -0.1) is 0 Å². The third-order valence-corrected chi connectivity index (χ3v) is 3.39. The van der Waals surface area contributed by atoms with Crippen LogP contribution in [0, 0.1) is 28.6 Å². The number of hydrogen-bond donors (Lipinski definition) is 0. The van der Waals surface area contributed by atoms with Crippen LogP contribution in [0.3, 0.4) is 0 Å². The van der Waals surface area contributed by atoms with E-state index in [1.54, 1.807) is 6.92 Å². The molecular formula is C12H21NO2. The minimum absolute atomic E-state index is 0.275. The van der Waals surface area contributed by atoms with Crippen molar-refractivity contribution in [3.63, 3.8) is 0 Å². The molecule has 0 aromatic carbocycles. The molecule has 0 aliphatic rings. The van der Waals surface area contributed by atoms with Crippen molar-refractivity contribution >= 4 is 5.97 Å². The quantitative estimate of drug-likeness (QED) is 0.657. The Bertz CT molecular complexity index is 255. The molecule has 0 heterocycles. The smallest absolute Gasteiger partial charge is 0.323 e. The van der Waals surface area contributed by atoms with Gasteiger partial charge in [-0.1, -0.05) is 27.7 Å². The lowest BCUT2D eigenvalue weighted by molar-refractivity contribution is -0.151. The maximum atomic E-state index is 11.6. The van der Waals surface area contributed by atoms with E-state index in [0.717, 1.165) is 6.42 Å². The molecule has 0 N–H and O–H groups in total. The van der Waals surface area contributed by atoms with Crippen molar-refractivity contribution in [3.05, 3.63) is 0 Å². The van der Waals surface area contributed by atoms with Crippen LogP contribution in [0.1, 0.15) is 41.0 Å². The Kier molecular flexibility index (Phi) is 5.35. The molecule has 0 rings (SSSR count). The van der Waals surface area contributed by atoms with Crippen molar-refractivity contribution in [2.75, 3.05) is 6.61 Å². The fraction of sp³-hybridized carbons (Fsp3) is 0.833. The first-order valence-electron chi connectivity index (χ1n) is 5.50. The summed E-state index contributed by atoms with van der Waals surface area (Å²) in [6.45, 7) is 10.1. The normalized spacial score (nSPS) is 16.6. The number of rotatable bonds is 5. The zero-order chi connectivity index (χ0) is 12.1. The minimum atomic E-state index is -0.664. The Morgan fingerprint density at radius 1 is 1.47 bits per heavy atom. The molecule has 0 aliphatic heterocycles. The van der Waals surface area contributed by atoms with Gasteiger partial charge in [0.25, 0.3) is 0 Å². The van der Waals surface area contributed by atoms with Crippen LogP contribution in [0.15, 0.2) is 0 Å². The van der Waals surface area contributed by atoms with Gasteiger partial charge in [0.05, 0.1) is 12.7 Å². The van der Waals surface area contributed by atoms with Gasteiger partial charge in [-0.25, -0.2) is 0 Å². The zero-order valence-corrected chi connectivity index (χ0v) is 10.3. The molecule has 0 aliphatic carbocycles. The van der Waals surface area contributed by atoms with E-state index >= 15 is 0 Å². The maximum Gasteiger partial charge on any atom is 0.323 e. The molecule has 0 spiro atoms. The summed E-state index contributed by atoms with van der Waals surface area (Å²) in [5.41, 5.74) is -0.305. The second-order valence-electron chi connectivity index (χ2n) is 4.33. The molecule has 3 heteroatoms. The van der Waals surface area contributed by atoms with E-state index in [4.69, 9.17) is 10.00 Å². The summed E-state index contributed by atoms with van der Waals surface area (Å²) in [4.78, 5) is 11.6. The second-order valence-corrected chi connectivity index (χ2v) is 4.33. The second kappa shape index (κ2) is 5.75. The van der Waals surface area contributed by atoms with Gasteiger partial charge >= 0.3 is 5.97 Å². The zero-order valence-electron chi connectivity index (χ0n) is 10.3. The molecule has 15 heavy (non-hydrogen) atoms. The van der Waals surface area contributed by atoms with Crippen LogP contribution in [0.25, 0.3) is 0 Å². The van der Waals surface area contributed by atoms with Crippen LogP contribution in [0.2, 0.25) is 0 Å². The summed E-state index contributed by atoms with van der Waals surface area (Å²) < 4.78 is 4.93. The lowest BCUT2D eigenvalue weighted by atomic mass is 9.68. The third-order valence-electron chi connectivity index (χ3n) is 3.39. The predicted molar refractivity (Wildman–Crippen MR) is 59.0 cm³/mol. The predicted octanol–water partition coefficient (Wildman–Crippen LogP) is 2.76. The summed E-state index contributed by atoms with van der Waals surface area (Å²) in [6, 6.07) is 2.08. The Hall–Kier alpha value is -1.04. The van der Waals surface area contributed by atoms with Crippen molar-refractivity contribution in [3.8, 4) is 6.07 Å². The van der Waals surface area contributed by atoms with Crippen molar-refractivity contribution in [2.24, 2.45) is 17.3 Å². The molecule has 0 saturated heterocycles. The topological polar surface area (TPSA) is 50.1 Å². The Morgan fingerprint density at radius 3 is 2.27 bits per heavy atom. The summed E-state index contributed by atoms with van der Waals surface area (Å²) in [5.74, 6) is -0.781. The number of ether oxygens (including phenoxy) is 1. The maximum absolute atomic E-state index is 11.6. The average molecular weight is 211 g/mol. The molecule has 2 atom stereocenters. The average Bonchev–Trinajstić information content (AvgIpc) is 2.18. The molecule has 2 unspecified atom stereocenters. The summed E-state index contributed by atoms with van der Waals surface area (Å²) in [5, 5.41) is 9.09. The molecule has 0 amide bonds. The van der Waals surface area contributed by atoms with Crippen molar-refractivity contribution in [1.29, 1.82) is 5.26 Å². The SMILES string of the molecule is CCOC(=O)C(C#N)C(C)(CC)C(C)C. The number of hydrogen-bond acceptors (Lipinski definition) is 3. The van der Waals surface area contributed by atoms with E-state index in [1.165, 1.54) is 0 Å². The van der Waals surface area contributed by atoms with Gasteiger partial charge in [0.2, 0.25) is 0 Å². The molecule has 0 aromatic rings. The highest BCUT2D eigenvalue weighted by Crippen LogP contribution is 2.39. The van der Waals surface area contributed by atoms with E-state index < -0.39 is 11.9 Å².